The van der Waals surface area contributed by atoms with E-state index in [1.165, 1.54) is 7.11 Å². The number of benzene rings is 1. The molecule has 0 amide bonds. The van der Waals surface area contributed by atoms with Crippen LogP contribution in [-0.4, -0.2) is 26.1 Å². The maximum Gasteiger partial charge on any atom is 0.190 e. The summed E-state index contributed by atoms with van der Waals surface area (Å²) in [7, 11) is 1.54. The number of ketones is 1. The molecule has 0 aliphatic carbocycles. The predicted molar refractivity (Wildman–Crippen MR) is 63.0 cm³/mol. The quantitative estimate of drug-likeness (QED) is 0.545. The van der Waals surface area contributed by atoms with Gasteiger partial charge in [0.25, 0.3) is 0 Å². The van der Waals surface area contributed by atoms with Gasteiger partial charge in [0.2, 0.25) is 0 Å². The van der Waals surface area contributed by atoms with E-state index in [-0.39, 0.29) is 12.4 Å². The molecule has 0 aromatic heterocycles. The normalized spacial score (nSPS) is 9.88. The summed E-state index contributed by atoms with van der Waals surface area (Å²) in [5, 5.41) is 0. The zero-order chi connectivity index (χ0) is 12.0. The highest BCUT2D eigenvalue weighted by Gasteiger charge is 2.09. The van der Waals surface area contributed by atoms with E-state index in [9.17, 15) is 4.79 Å². The first-order valence-electron chi connectivity index (χ1n) is 5.13. The van der Waals surface area contributed by atoms with Gasteiger partial charge in [0.05, 0.1) is 13.2 Å². The van der Waals surface area contributed by atoms with Crippen molar-refractivity contribution >= 4 is 5.78 Å². The molecule has 3 nitrogen and oxygen atoms in total. The number of ether oxygens (including phenoxy) is 2. The molecule has 0 aliphatic heterocycles. The van der Waals surface area contributed by atoms with E-state index in [0.717, 1.165) is 5.75 Å². The average Bonchev–Trinajstić information content (AvgIpc) is 2.30. The maximum atomic E-state index is 11.8. The van der Waals surface area contributed by atoms with E-state index in [0.29, 0.717) is 17.7 Å². The van der Waals surface area contributed by atoms with Crippen LogP contribution in [0.1, 0.15) is 17.3 Å². The molecular weight excluding hydrogens is 204 g/mol. The summed E-state index contributed by atoms with van der Waals surface area (Å²) < 4.78 is 10.2. The predicted octanol–water partition coefficient (Wildman–Crippen LogP) is 2.47. The molecule has 0 saturated heterocycles. The topological polar surface area (TPSA) is 35.5 Å². The first-order chi connectivity index (χ1) is 7.69. The van der Waals surface area contributed by atoms with Gasteiger partial charge in [0, 0.05) is 18.2 Å². The smallest absolute Gasteiger partial charge is 0.190 e. The van der Waals surface area contributed by atoms with Crippen LogP contribution in [0.5, 0.6) is 5.75 Å². The van der Waals surface area contributed by atoms with E-state index in [1.807, 2.05) is 6.92 Å². The molecule has 0 N–H and O–H groups in total. The number of rotatable bonds is 6. The molecule has 0 fully saturated rings. The highest BCUT2D eigenvalue weighted by Crippen LogP contribution is 2.14. The van der Waals surface area contributed by atoms with Crippen LogP contribution < -0.4 is 4.74 Å². The number of Topliss-reactive ketones (excluding diaryl/α,β-unsaturated/α-hetero) is 1. The summed E-state index contributed by atoms with van der Waals surface area (Å²) in [6.07, 6.45) is 0. The third-order valence-corrected chi connectivity index (χ3v) is 2.07. The third-order valence-electron chi connectivity index (χ3n) is 2.07. The molecule has 86 valence electrons. The molecule has 1 aromatic carbocycles. The number of hydrogen-bond acceptors (Lipinski definition) is 3. The van der Waals surface area contributed by atoms with Gasteiger partial charge in [-0.1, -0.05) is 6.58 Å². The van der Waals surface area contributed by atoms with Crippen molar-refractivity contribution in [2.45, 2.75) is 6.92 Å². The third kappa shape index (κ3) is 3.21. The van der Waals surface area contributed by atoms with Crippen LogP contribution in [0.2, 0.25) is 0 Å². The summed E-state index contributed by atoms with van der Waals surface area (Å²) in [6.45, 7) is 6.46. The number of methoxy groups -OCH3 is 1. The van der Waals surface area contributed by atoms with Crippen molar-refractivity contribution in [2.24, 2.45) is 0 Å². The SMILES string of the molecule is C=C(COC)C(=O)c1ccc(OCC)cc1. The minimum Gasteiger partial charge on any atom is -0.494 e. The van der Waals surface area contributed by atoms with Crippen LogP contribution in [0.4, 0.5) is 0 Å². The largest absolute Gasteiger partial charge is 0.494 e. The summed E-state index contributed by atoms with van der Waals surface area (Å²) >= 11 is 0. The summed E-state index contributed by atoms with van der Waals surface area (Å²) in [5.74, 6) is 0.668. The van der Waals surface area contributed by atoms with Crippen LogP contribution in [0, 0.1) is 0 Å². The van der Waals surface area contributed by atoms with Crippen LogP contribution in [0.15, 0.2) is 36.4 Å². The fraction of sp³-hybridized carbons (Fsp3) is 0.308. The second kappa shape index (κ2) is 6.08. The fourth-order valence-electron chi connectivity index (χ4n) is 1.31. The van der Waals surface area contributed by atoms with E-state index >= 15 is 0 Å². The van der Waals surface area contributed by atoms with Crippen molar-refractivity contribution < 1.29 is 14.3 Å². The first-order valence-corrected chi connectivity index (χ1v) is 5.13. The van der Waals surface area contributed by atoms with Crippen LogP contribution in [-0.2, 0) is 4.74 Å². The highest BCUT2D eigenvalue weighted by atomic mass is 16.5. The van der Waals surface area contributed by atoms with Crippen molar-refractivity contribution in [3.8, 4) is 5.75 Å². The van der Waals surface area contributed by atoms with E-state index < -0.39 is 0 Å². The minimum atomic E-state index is -0.0927. The Balaban J connectivity index is 2.73. The van der Waals surface area contributed by atoms with Crippen LogP contribution in [0.3, 0.4) is 0 Å². The van der Waals surface area contributed by atoms with Crippen molar-refractivity contribution in [3.63, 3.8) is 0 Å². The Morgan fingerprint density at radius 1 is 1.31 bits per heavy atom. The molecule has 1 rings (SSSR count). The van der Waals surface area contributed by atoms with Gasteiger partial charge in [0.1, 0.15) is 5.75 Å². The van der Waals surface area contributed by atoms with Crippen LogP contribution >= 0.6 is 0 Å². The number of hydrogen-bond donors (Lipinski definition) is 0. The van der Waals surface area contributed by atoms with Gasteiger partial charge in [-0.05, 0) is 31.2 Å². The van der Waals surface area contributed by atoms with Gasteiger partial charge in [0.15, 0.2) is 5.78 Å². The Hall–Kier alpha value is -1.61. The molecule has 0 unspecified atom stereocenters. The minimum absolute atomic E-state index is 0.0927. The zero-order valence-electron chi connectivity index (χ0n) is 9.66. The Morgan fingerprint density at radius 2 is 1.94 bits per heavy atom. The molecule has 0 spiro atoms. The van der Waals surface area contributed by atoms with Crippen molar-refractivity contribution in [3.05, 3.63) is 42.0 Å². The molecular formula is C13H16O3. The lowest BCUT2D eigenvalue weighted by molar-refractivity contribution is 0.101. The second-order valence-corrected chi connectivity index (χ2v) is 3.32. The van der Waals surface area contributed by atoms with Gasteiger partial charge in [-0.2, -0.15) is 0 Å². The molecule has 0 radical (unpaired) electrons. The van der Waals surface area contributed by atoms with E-state index in [1.54, 1.807) is 24.3 Å². The summed E-state index contributed by atoms with van der Waals surface area (Å²) in [4.78, 5) is 11.8. The average molecular weight is 220 g/mol. The van der Waals surface area contributed by atoms with E-state index in [2.05, 4.69) is 6.58 Å². The van der Waals surface area contributed by atoms with Crippen molar-refractivity contribution in [2.75, 3.05) is 20.3 Å². The highest BCUT2D eigenvalue weighted by molar-refractivity contribution is 6.08. The second-order valence-electron chi connectivity index (χ2n) is 3.32. The molecule has 16 heavy (non-hydrogen) atoms. The Kier molecular flexibility index (Phi) is 4.73. The number of carbonyl (C=O) groups is 1. The lowest BCUT2D eigenvalue weighted by Gasteiger charge is -2.05. The molecule has 0 aliphatic rings. The monoisotopic (exact) mass is 220 g/mol. The Labute approximate surface area is 95.7 Å². The standard InChI is InChI=1S/C13H16O3/c1-4-16-12-7-5-11(6-8-12)13(14)10(2)9-15-3/h5-8H,2,4,9H2,1,3H3. The maximum absolute atomic E-state index is 11.8. The van der Waals surface area contributed by atoms with Crippen LogP contribution in [0.25, 0.3) is 0 Å². The van der Waals surface area contributed by atoms with E-state index in [4.69, 9.17) is 9.47 Å². The first kappa shape index (κ1) is 12.5. The van der Waals surface area contributed by atoms with Gasteiger partial charge in [-0.25, -0.2) is 0 Å². The molecule has 1 aromatic rings. The summed E-state index contributed by atoms with van der Waals surface area (Å²) in [5.41, 5.74) is 1.05. The molecule has 0 heterocycles. The number of carbonyl (C=O) groups excluding carboxylic acids is 1. The van der Waals surface area contributed by atoms with Crippen molar-refractivity contribution in [1.29, 1.82) is 0 Å². The molecule has 0 saturated carbocycles. The van der Waals surface area contributed by atoms with Gasteiger partial charge in [-0.15, -0.1) is 0 Å². The van der Waals surface area contributed by atoms with Gasteiger partial charge < -0.3 is 9.47 Å². The Morgan fingerprint density at radius 3 is 2.44 bits per heavy atom. The lowest BCUT2D eigenvalue weighted by atomic mass is 10.1. The summed E-state index contributed by atoms with van der Waals surface area (Å²) in [6, 6.07) is 7.01. The molecule has 0 atom stereocenters. The van der Waals surface area contributed by atoms with Gasteiger partial charge in [-0.3, -0.25) is 4.79 Å². The molecule has 0 bridgehead atoms. The zero-order valence-corrected chi connectivity index (χ0v) is 9.66. The molecule has 3 heteroatoms. The Bertz CT molecular complexity index is 365. The van der Waals surface area contributed by atoms with Crippen molar-refractivity contribution in [1.82, 2.24) is 0 Å². The lowest BCUT2D eigenvalue weighted by Crippen LogP contribution is -2.07. The fourth-order valence-corrected chi connectivity index (χ4v) is 1.31. The van der Waals surface area contributed by atoms with Gasteiger partial charge >= 0.3 is 0 Å².